The number of rotatable bonds is 3. The fourth-order valence-electron chi connectivity index (χ4n) is 10.9. The number of fused-ring (bicyclic) bond motifs is 11. The molecule has 11 aromatic carbocycles. The minimum absolute atomic E-state index is 1.20. The maximum absolute atomic E-state index is 2.56. The van der Waals surface area contributed by atoms with E-state index >= 15 is 0 Å². The number of benzene rings is 11. The fraction of sp³-hybridized carbons (Fsp3) is 0. The van der Waals surface area contributed by atoms with E-state index in [4.69, 9.17) is 0 Å². The van der Waals surface area contributed by atoms with Crippen molar-refractivity contribution in [3.8, 4) is 33.4 Å². The number of aromatic nitrogens is 1. The van der Waals surface area contributed by atoms with Gasteiger partial charge in [0.1, 0.15) is 0 Å². The van der Waals surface area contributed by atoms with E-state index in [9.17, 15) is 0 Å². The smallest absolute Gasteiger partial charge is 0.0634 e. The largest absolute Gasteiger partial charge is 0.308 e. The maximum Gasteiger partial charge on any atom is 0.0634 e. The Balaban J connectivity index is 1.04. The Kier molecular flexibility index (Phi) is 7.05. The average Bonchev–Trinajstić information content (AvgIpc) is 3.89. The minimum atomic E-state index is 1.20. The van der Waals surface area contributed by atoms with Gasteiger partial charge in [0.2, 0.25) is 0 Å². The lowest BCUT2D eigenvalue weighted by Crippen LogP contribution is -1.92. The molecule has 0 aliphatic heterocycles. The molecule has 2 heteroatoms. The zero-order chi connectivity index (χ0) is 40.5. The Morgan fingerprint density at radius 2 is 0.839 bits per heavy atom. The molecule has 0 spiro atoms. The Morgan fingerprint density at radius 1 is 0.290 bits per heavy atom. The van der Waals surface area contributed by atoms with E-state index in [1.165, 1.54) is 135 Å². The number of para-hydroxylation sites is 1. The van der Waals surface area contributed by atoms with Gasteiger partial charge < -0.3 is 4.40 Å². The van der Waals surface area contributed by atoms with Crippen LogP contribution in [0.25, 0.3) is 135 Å². The molecule has 0 saturated heterocycles. The maximum atomic E-state index is 2.56. The zero-order valence-electron chi connectivity index (χ0n) is 33.6. The molecule has 62 heavy (non-hydrogen) atoms. The molecule has 0 aliphatic rings. The fourth-order valence-corrected chi connectivity index (χ4v) is 12.1. The predicted molar refractivity (Wildman–Crippen MR) is 269 cm³/mol. The van der Waals surface area contributed by atoms with E-state index in [0.29, 0.717) is 0 Å². The summed E-state index contributed by atoms with van der Waals surface area (Å²) in [4.78, 5) is 0. The van der Waals surface area contributed by atoms with Gasteiger partial charge in [-0.25, -0.2) is 0 Å². The van der Waals surface area contributed by atoms with E-state index in [1.807, 2.05) is 11.3 Å². The number of thiophene rings is 1. The summed E-state index contributed by atoms with van der Waals surface area (Å²) < 4.78 is 5.20. The molecule has 0 aliphatic carbocycles. The van der Waals surface area contributed by atoms with Crippen molar-refractivity contribution in [2.45, 2.75) is 0 Å². The van der Waals surface area contributed by atoms with Crippen LogP contribution in [0, 0.1) is 0 Å². The lowest BCUT2D eigenvalue weighted by Gasteiger charge is -2.19. The monoisotopic (exact) mass is 801 g/mol. The van der Waals surface area contributed by atoms with Crippen molar-refractivity contribution < 1.29 is 0 Å². The highest BCUT2D eigenvalue weighted by atomic mass is 32.1. The van der Waals surface area contributed by atoms with Crippen LogP contribution >= 0.6 is 11.3 Å². The highest BCUT2D eigenvalue weighted by Crippen LogP contribution is 2.48. The summed E-state index contributed by atoms with van der Waals surface area (Å²) in [6, 6.07) is 79.3. The van der Waals surface area contributed by atoms with E-state index in [2.05, 4.69) is 217 Å². The van der Waals surface area contributed by atoms with Crippen molar-refractivity contribution in [2.24, 2.45) is 0 Å². The Hall–Kier alpha value is -7.78. The molecule has 3 aromatic heterocycles. The van der Waals surface area contributed by atoms with Crippen LogP contribution in [-0.4, -0.2) is 4.40 Å². The summed E-state index contributed by atoms with van der Waals surface area (Å²) >= 11 is 1.90. The molecule has 0 unspecified atom stereocenters. The van der Waals surface area contributed by atoms with E-state index in [0.717, 1.165) is 0 Å². The Bertz CT molecular complexity index is 4140. The quantitative estimate of drug-likeness (QED) is 0.157. The molecule has 0 atom stereocenters. The molecule has 0 bridgehead atoms. The van der Waals surface area contributed by atoms with Crippen molar-refractivity contribution in [3.63, 3.8) is 0 Å². The van der Waals surface area contributed by atoms with Crippen molar-refractivity contribution in [1.29, 1.82) is 0 Å². The van der Waals surface area contributed by atoms with Crippen LogP contribution in [0.1, 0.15) is 0 Å². The van der Waals surface area contributed by atoms with Crippen LogP contribution in [0.15, 0.2) is 212 Å². The lowest BCUT2D eigenvalue weighted by molar-refractivity contribution is 1.36. The second-order valence-corrected chi connectivity index (χ2v) is 17.8. The second-order valence-electron chi connectivity index (χ2n) is 16.7. The molecule has 0 saturated carbocycles. The van der Waals surface area contributed by atoms with Crippen LogP contribution in [0.5, 0.6) is 0 Å². The van der Waals surface area contributed by atoms with Crippen LogP contribution in [0.2, 0.25) is 0 Å². The van der Waals surface area contributed by atoms with Crippen molar-refractivity contribution in [2.75, 3.05) is 0 Å². The second kappa shape index (κ2) is 12.9. The lowest BCUT2D eigenvalue weighted by atomic mass is 9.84. The third-order valence-corrected chi connectivity index (χ3v) is 14.6. The summed E-state index contributed by atoms with van der Waals surface area (Å²) in [6.07, 6.45) is 0. The first kappa shape index (κ1) is 34.0. The molecule has 1 nitrogen and oxygen atoms in total. The minimum Gasteiger partial charge on any atom is -0.308 e. The summed E-state index contributed by atoms with van der Waals surface area (Å²) in [6.45, 7) is 0. The summed E-state index contributed by atoms with van der Waals surface area (Å²) in [5, 5.41) is 17.9. The highest BCUT2D eigenvalue weighted by molar-refractivity contribution is 7.26. The molecule has 0 fully saturated rings. The van der Waals surface area contributed by atoms with Crippen molar-refractivity contribution in [3.05, 3.63) is 212 Å². The molecular formula is C60H35NS. The van der Waals surface area contributed by atoms with Gasteiger partial charge in [-0.1, -0.05) is 176 Å². The number of hydrogen-bond acceptors (Lipinski definition) is 1. The first-order valence-electron chi connectivity index (χ1n) is 21.4. The first-order valence-corrected chi connectivity index (χ1v) is 22.2. The van der Waals surface area contributed by atoms with E-state index in [-0.39, 0.29) is 0 Å². The van der Waals surface area contributed by atoms with Crippen LogP contribution in [0.4, 0.5) is 0 Å². The standard InChI is InChI=1S/C60H35NS/c1-2-18-40-36(14-1)15-12-26-44(40)57-48-24-7-5-22-46(48)56(47-23-6-8-25-49(47)57)39-17-11-16-37(34-39)38-30-32-53-51(35-38)50-31-33-55-59-58-45(27-13-29-54(58)62-55)42-20-4-3-19-41(42)43-21-9-10-28-52(43)61(53)60(50)59/h1-35H. The Morgan fingerprint density at radius 3 is 1.63 bits per heavy atom. The molecule has 0 N–H and O–H groups in total. The van der Waals surface area contributed by atoms with E-state index < -0.39 is 0 Å². The van der Waals surface area contributed by atoms with Crippen LogP contribution in [-0.2, 0) is 0 Å². The Labute approximate surface area is 360 Å². The topological polar surface area (TPSA) is 4.41 Å². The SMILES string of the molecule is c1cc(-c2ccc3c(c2)c2ccc4sc5cccc6c7ccccc7c7ccccc7n3c2c4c56)cc(-c2c3ccccc3c(-c3cccc4ccccc34)c3ccccc23)c1. The van der Waals surface area contributed by atoms with Gasteiger partial charge in [-0.15, -0.1) is 11.3 Å². The molecule has 0 amide bonds. The van der Waals surface area contributed by atoms with Gasteiger partial charge in [0, 0.05) is 36.3 Å². The average molecular weight is 802 g/mol. The van der Waals surface area contributed by atoms with Gasteiger partial charge in [0.15, 0.2) is 0 Å². The molecular weight excluding hydrogens is 767 g/mol. The summed E-state index contributed by atoms with van der Waals surface area (Å²) in [5.74, 6) is 0. The number of hydrogen-bond donors (Lipinski definition) is 0. The van der Waals surface area contributed by atoms with Crippen molar-refractivity contribution in [1.82, 2.24) is 4.40 Å². The molecule has 3 heterocycles. The van der Waals surface area contributed by atoms with Gasteiger partial charge in [-0.2, -0.15) is 0 Å². The normalized spacial score (nSPS) is 12.2. The summed E-state index contributed by atoms with van der Waals surface area (Å²) in [5.41, 5.74) is 11.2. The molecule has 286 valence electrons. The van der Waals surface area contributed by atoms with Gasteiger partial charge in [-0.05, 0) is 118 Å². The van der Waals surface area contributed by atoms with Gasteiger partial charge in [-0.3, -0.25) is 0 Å². The zero-order valence-corrected chi connectivity index (χ0v) is 34.4. The summed E-state index contributed by atoms with van der Waals surface area (Å²) in [7, 11) is 0. The van der Waals surface area contributed by atoms with Crippen LogP contribution < -0.4 is 0 Å². The van der Waals surface area contributed by atoms with Crippen molar-refractivity contribution >= 4 is 113 Å². The predicted octanol–water partition coefficient (Wildman–Crippen LogP) is 17.4. The molecule has 0 radical (unpaired) electrons. The molecule has 14 rings (SSSR count). The third kappa shape index (κ3) is 4.67. The highest BCUT2D eigenvalue weighted by Gasteiger charge is 2.21. The third-order valence-electron chi connectivity index (χ3n) is 13.5. The van der Waals surface area contributed by atoms with Gasteiger partial charge in [0.25, 0.3) is 0 Å². The van der Waals surface area contributed by atoms with Gasteiger partial charge in [0.05, 0.1) is 16.6 Å². The van der Waals surface area contributed by atoms with Gasteiger partial charge >= 0.3 is 0 Å². The van der Waals surface area contributed by atoms with Crippen LogP contribution in [0.3, 0.4) is 0 Å². The first-order chi connectivity index (χ1) is 30.8. The van der Waals surface area contributed by atoms with E-state index in [1.54, 1.807) is 0 Å². The molecule has 14 aromatic rings. The number of nitrogens with zero attached hydrogens (tertiary/aromatic N) is 1.